The number of hydrogen-bond donors (Lipinski definition) is 0. The first-order valence-electron chi connectivity index (χ1n) is 3.52. The van der Waals surface area contributed by atoms with Crippen molar-refractivity contribution in [3.63, 3.8) is 0 Å². The van der Waals surface area contributed by atoms with Gasteiger partial charge in [-0.15, -0.1) is 0 Å². The van der Waals surface area contributed by atoms with Crippen LogP contribution < -0.4 is 4.74 Å². The zero-order valence-corrected chi connectivity index (χ0v) is 6.38. The van der Waals surface area contributed by atoms with Crippen LogP contribution in [0, 0.1) is 6.07 Å². The van der Waals surface area contributed by atoms with Crippen LogP contribution in [0.3, 0.4) is 0 Å². The van der Waals surface area contributed by atoms with Crippen molar-refractivity contribution < 1.29 is 9.13 Å². The van der Waals surface area contributed by atoms with Crippen molar-refractivity contribution in [1.82, 2.24) is 0 Å². The fourth-order valence-corrected chi connectivity index (χ4v) is 0.698. The number of alkyl halides is 1. The van der Waals surface area contributed by atoms with Crippen molar-refractivity contribution in [2.75, 3.05) is 6.67 Å². The van der Waals surface area contributed by atoms with Crippen LogP contribution in [-0.2, 0) is 0 Å². The van der Waals surface area contributed by atoms with Crippen LogP contribution in [-0.4, -0.2) is 12.8 Å². The first kappa shape index (κ1) is 8.05. The van der Waals surface area contributed by atoms with Crippen LogP contribution in [0.5, 0.6) is 5.75 Å². The van der Waals surface area contributed by atoms with E-state index < -0.39 is 6.67 Å². The van der Waals surface area contributed by atoms with E-state index in [4.69, 9.17) is 4.74 Å². The maximum atomic E-state index is 11.9. The lowest BCUT2D eigenvalue weighted by Crippen LogP contribution is -2.13. The molecule has 0 aliphatic heterocycles. The van der Waals surface area contributed by atoms with Gasteiger partial charge in [-0.05, 0) is 13.0 Å². The number of halogens is 1. The fourth-order valence-electron chi connectivity index (χ4n) is 0.698. The lowest BCUT2D eigenvalue weighted by molar-refractivity contribution is 0.182. The van der Waals surface area contributed by atoms with Gasteiger partial charge in [-0.1, -0.05) is 18.2 Å². The molecule has 0 saturated heterocycles. The van der Waals surface area contributed by atoms with Gasteiger partial charge in [0, 0.05) is 6.07 Å². The SMILES string of the molecule is CC(CF)Oc1[c]cccc1. The van der Waals surface area contributed by atoms with E-state index >= 15 is 0 Å². The maximum Gasteiger partial charge on any atom is 0.127 e. The summed E-state index contributed by atoms with van der Waals surface area (Å²) >= 11 is 0. The maximum absolute atomic E-state index is 11.9. The van der Waals surface area contributed by atoms with Crippen LogP contribution in [0.15, 0.2) is 24.3 Å². The highest BCUT2D eigenvalue weighted by Gasteiger charge is 2.00. The van der Waals surface area contributed by atoms with E-state index in [0.29, 0.717) is 5.75 Å². The first-order valence-corrected chi connectivity index (χ1v) is 3.52. The molecular weight excluding hydrogens is 143 g/mol. The monoisotopic (exact) mass is 153 g/mol. The van der Waals surface area contributed by atoms with E-state index in [0.717, 1.165) is 0 Å². The summed E-state index contributed by atoms with van der Waals surface area (Å²) in [7, 11) is 0. The molecule has 1 nitrogen and oxygen atoms in total. The molecule has 0 aliphatic carbocycles. The summed E-state index contributed by atoms with van der Waals surface area (Å²) in [5.74, 6) is 0.595. The molecule has 0 bridgehead atoms. The number of hydrogen-bond acceptors (Lipinski definition) is 1. The van der Waals surface area contributed by atoms with Crippen molar-refractivity contribution in [3.8, 4) is 5.75 Å². The van der Waals surface area contributed by atoms with E-state index in [1.165, 1.54) is 0 Å². The molecule has 1 aromatic rings. The Kier molecular flexibility index (Phi) is 2.90. The largest absolute Gasteiger partial charge is 0.487 e. The molecule has 0 spiro atoms. The average molecular weight is 153 g/mol. The van der Waals surface area contributed by atoms with Crippen molar-refractivity contribution in [1.29, 1.82) is 0 Å². The van der Waals surface area contributed by atoms with Crippen molar-refractivity contribution >= 4 is 0 Å². The molecule has 1 unspecified atom stereocenters. The molecule has 0 N–H and O–H groups in total. The molecule has 1 atom stereocenters. The molecule has 0 aliphatic rings. The van der Waals surface area contributed by atoms with Crippen LogP contribution in [0.1, 0.15) is 6.92 Å². The Morgan fingerprint density at radius 1 is 1.64 bits per heavy atom. The molecule has 11 heavy (non-hydrogen) atoms. The summed E-state index contributed by atoms with van der Waals surface area (Å²) in [5.41, 5.74) is 0. The van der Waals surface area contributed by atoms with Crippen LogP contribution in [0.4, 0.5) is 4.39 Å². The Balaban J connectivity index is 2.51. The highest BCUT2D eigenvalue weighted by molar-refractivity contribution is 5.19. The summed E-state index contributed by atoms with van der Waals surface area (Å²) in [6, 6.07) is 10.0. The Labute approximate surface area is 65.8 Å². The summed E-state index contributed by atoms with van der Waals surface area (Å²) in [6.45, 7) is 1.21. The molecule has 0 aromatic heterocycles. The second kappa shape index (κ2) is 3.96. The Morgan fingerprint density at radius 3 is 3.00 bits per heavy atom. The zero-order chi connectivity index (χ0) is 8.10. The summed E-state index contributed by atoms with van der Waals surface area (Å²) in [6.07, 6.45) is -0.381. The van der Waals surface area contributed by atoms with Crippen molar-refractivity contribution in [3.05, 3.63) is 30.3 Å². The first-order chi connectivity index (χ1) is 5.33. The summed E-state index contributed by atoms with van der Waals surface area (Å²) < 4.78 is 17.1. The van der Waals surface area contributed by atoms with Crippen LogP contribution in [0.2, 0.25) is 0 Å². The normalized spacial score (nSPS) is 12.5. The molecule has 59 valence electrons. The number of rotatable bonds is 3. The van der Waals surface area contributed by atoms with Gasteiger partial charge < -0.3 is 4.74 Å². The average Bonchev–Trinajstić information content (AvgIpc) is 2.06. The molecule has 0 amide bonds. The zero-order valence-electron chi connectivity index (χ0n) is 6.38. The standard InChI is InChI=1S/C9H10FO/c1-8(7-10)11-9-5-3-2-4-6-9/h2-5,8H,7H2,1H3. The number of ether oxygens (including phenoxy) is 1. The fraction of sp³-hybridized carbons (Fsp3) is 0.333. The predicted octanol–water partition coefficient (Wildman–Crippen LogP) is 2.22. The number of para-hydroxylation sites is 1. The minimum atomic E-state index is -0.470. The second-order valence-electron chi connectivity index (χ2n) is 2.31. The smallest absolute Gasteiger partial charge is 0.127 e. The van der Waals surface area contributed by atoms with E-state index in [1.807, 2.05) is 12.1 Å². The Bertz CT molecular complexity index is 198. The van der Waals surface area contributed by atoms with Crippen molar-refractivity contribution in [2.24, 2.45) is 0 Å². The van der Waals surface area contributed by atoms with Gasteiger partial charge in [-0.3, -0.25) is 0 Å². The van der Waals surface area contributed by atoms with Gasteiger partial charge in [-0.25, -0.2) is 4.39 Å². The molecule has 1 aromatic carbocycles. The minimum Gasteiger partial charge on any atom is -0.487 e. The van der Waals surface area contributed by atoms with E-state index in [9.17, 15) is 4.39 Å². The Morgan fingerprint density at radius 2 is 2.45 bits per heavy atom. The quantitative estimate of drug-likeness (QED) is 0.647. The van der Waals surface area contributed by atoms with Crippen LogP contribution in [0.25, 0.3) is 0 Å². The highest BCUT2D eigenvalue weighted by atomic mass is 19.1. The topological polar surface area (TPSA) is 9.23 Å². The van der Waals surface area contributed by atoms with Gasteiger partial charge in [-0.2, -0.15) is 0 Å². The minimum absolute atomic E-state index is 0.381. The van der Waals surface area contributed by atoms with Crippen molar-refractivity contribution in [2.45, 2.75) is 13.0 Å². The van der Waals surface area contributed by atoms with Crippen LogP contribution >= 0.6 is 0 Å². The molecule has 2 heteroatoms. The van der Waals surface area contributed by atoms with E-state index in [2.05, 4.69) is 6.07 Å². The van der Waals surface area contributed by atoms with Gasteiger partial charge in [0.05, 0.1) is 0 Å². The summed E-state index contributed by atoms with van der Waals surface area (Å²) in [4.78, 5) is 0. The van der Waals surface area contributed by atoms with Gasteiger partial charge in [0.25, 0.3) is 0 Å². The van der Waals surface area contributed by atoms with Gasteiger partial charge in [0.2, 0.25) is 0 Å². The molecular formula is C9H10FO. The molecule has 0 fully saturated rings. The van der Waals surface area contributed by atoms with Gasteiger partial charge >= 0.3 is 0 Å². The molecule has 0 saturated carbocycles. The Hall–Kier alpha value is -1.05. The molecule has 1 rings (SSSR count). The van der Waals surface area contributed by atoms with E-state index in [1.54, 1.807) is 19.1 Å². The van der Waals surface area contributed by atoms with Gasteiger partial charge in [0.1, 0.15) is 18.5 Å². The van der Waals surface area contributed by atoms with E-state index in [-0.39, 0.29) is 6.10 Å². The molecule has 0 heterocycles. The third-order valence-corrected chi connectivity index (χ3v) is 1.23. The third kappa shape index (κ3) is 2.58. The summed E-state index contributed by atoms with van der Waals surface area (Å²) in [5, 5.41) is 0. The third-order valence-electron chi connectivity index (χ3n) is 1.23. The highest BCUT2D eigenvalue weighted by Crippen LogP contribution is 2.09. The lowest BCUT2D eigenvalue weighted by Gasteiger charge is -2.09. The second-order valence-corrected chi connectivity index (χ2v) is 2.31. The number of benzene rings is 1. The van der Waals surface area contributed by atoms with Gasteiger partial charge in [0.15, 0.2) is 0 Å². The predicted molar refractivity (Wildman–Crippen MR) is 41.3 cm³/mol. The molecule has 1 radical (unpaired) electrons. The lowest BCUT2D eigenvalue weighted by atomic mass is 10.3.